The van der Waals surface area contributed by atoms with E-state index in [9.17, 15) is 14.4 Å². The zero-order valence-corrected chi connectivity index (χ0v) is 13.2. The van der Waals surface area contributed by atoms with E-state index in [2.05, 4.69) is 0 Å². The molecule has 0 spiro atoms. The van der Waals surface area contributed by atoms with Gasteiger partial charge in [0, 0.05) is 19.2 Å². The van der Waals surface area contributed by atoms with Crippen molar-refractivity contribution in [2.75, 3.05) is 13.2 Å². The van der Waals surface area contributed by atoms with Gasteiger partial charge < -0.3 is 18.8 Å². The van der Waals surface area contributed by atoms with Gasteiger partial charge in [-0.05, 0) is 26.0 Å². The standard InChI is InChI=1S/C17H19NO5/c1-3-18-11-13(17(21)22-4-2)16(20)12-7-5-8-14(15(12)18)23-10-6-9-19/h5,7-9,11H,3-4,6,10H2,1-2H3. The maximum absolute atomic E-state index is 12.6. The molecule has 0 N–H and O–H groups in total. The van der Waals surface area contributed by atoms with Gasteiger partial charge in [0.1, 0.15) is 17.6 Å². The third-order valence-corrected chi connectivity index (χ3v) is 3.39. The van der Waals surface area contributed by atoms with Crippen LogP contribution in [0.15, 0.2) is 29.2 Å². The zero-order valence-electron chi connectivity index (χ0n) is 13.2. The van der Waals surface area contributed by atoms with Gasteiger partial charge in [-0.25, -0.2) is 4.79 Å². The van der Waals surface area contributed by atoms with Crippen LogP contribution in [0.2, 0.25) is 0 Å². The molecule has 0 fully saturated rings. The smallest absolute Gasteiger partial charge is 0.343 e. The minimum atomic E-state index is -0.631. The van der Waals surface area contributed by atoms with Crippen LogP contribution >= 0.6 is 0 Å². The third-order valence-electron chi connectivity index (χ3n) is 3.39. The molecular weight excluding hydrogens is 298 g/mol. The zero-order chi connectivity index (χ0) is 16.8. The second-order valence-electron chi connectivity index (χ2n) is 4.83. The van der Waals surface area contributed by atoms with Gasteiger partial charge in [-0.15, -0.1) is 0 Å². The number of benzene rings is 1. The first kappa shape index (κ1) is 16.7. The van der Waals surface area contributed by atoms with E-state index in [1.54, 1.807) is 29.7 Å². The number of aromatic nitrogens is 1. The number of aldehydes is 1. The minimum Gasteiger partial charge on any atom is -0.491 e. The number of carbonyl (C=O) groups excluding carboxylic acids is 2. The molecule has 0 amide bonds. The van der Waals surface area contributed by atoms with Crippen molar-refractivity contribution in [1.82, 2.24) is 4.57 Å². The average molecular weight is 317 g/mol. The first-order valence-electron chi connectivity index (χ1n) is 7.53. The van der Waals surface area contributed by atoms with Crippen LogP contribution < -0.4 is 10.2 Å². The molecule has 1 aromatic carbocycles. The summed E-state index contributed by atoms with van der Waals surface area (Å²) in [5, 5.41) is 0.390. The van der Waals surface area contributed by atoms with Crippen molar-refractivity contribution in [3.8, 4) is 5.75 Å². The van der Waals surface area contributed by atoms with Gasteiger partial charge in [0.2, 0.25) is 5.43 Å². The number of esters is 1. The van der Waals surface area contributed by atoms with Crippen molar-refractivity contribution < 1.29 is 19.1 Å². The van der Waals surface area contributed by atoms with E-state index < -0.39 is 5.97 Å². The highest BCUT2D eigenvalue weighted by molar-refractivity contribution is 5.95. The fraction of sp³-hybridized carbons (Fsp3) is 0.353. The topological polar surface area (TPSA) is 74.6 Å². The lowest BCUT2D eigenvalue weighted by molar-refractivity contribution is -0.108. The molecule has 1 aromatic heterocycles. The van der Waals surface area contributed by atoms with Crippen molar-refractivity contribution in [3.05, 3.63) is 40.2 Å². The van der Waals surface area contributed by atoms with E-state index >= 15 is 0 Å². The lowest BCUT2D eigenvalue weighted by atomic mass is 10.1. The van der Waals surface area contributed by atoms with Crippen molar-refractivity contribution in [2.45, 2.75) is 26.8 Å². The van der Waals surface area contributed by atoms with Gasteiger partial charge in [-0.1, -0.05) is 6.07 Å². The highest BCUT2D eigenvalue weighted by atomic mass is 16.5. The van der Waals surface area contributed by atoms with E-state index in [1.807, 2.05) is 6.92 Å². The molecule has 0 saturated carbocycles. The number of pyridine rings is 1. The first-order chi connectivity index (χ1) is 11.1. The number of para-hydroxylation sites is 1. The SMILES string of the molecule is CCOC(=O)c1cn(CC)c2c(OCCC=O)cccc2c1=O. The van der Waals surface area contributed by atoms with Crippen LogP contribution in [0.3, 0.4) is 0 Å². The molecule has 0 aliphatic heterocycles. The van der Waals surface area contributed by atoms with Crippen molar-refractivity contribution in [2.24, 2.45) is 0 Å². The molecule has 0 saturated heterocycles. The van der Waals surface area contributed by atoms with Crippen LogP contribution in [0.1, 0.15) is 30.6 Å². The van der Waals surface area contributed by atoms with Crippen LogP contribution in [-0.4, -0.2) is 30.0 Å². The Morgan fingerprint density at radius 1 is 1.30 bits per heavy atom. The molecule has 0 aliphatic carbocycles. The molecule has 6 nitrogen and oxygen atoms in total. The Bertz CT molecular complexity index is 778. The quantitative estimate of drug-likeness (QED) is 0.444. The number of carbonyl (C=O) groups is 2. The molecule has 1 heterocycles. The van der Waals surface area contributed by atoms with E-state index in [-0.39, 0.29) is 30.6 Å². The predicted molar refractivity (Wildman–Crippen MR) is 86.0 cm³/mol. The van der Waals surface area contributed by atoms with Gasteiger partial charge in [0.25, 0.3) is 0 Å². The van der Waals surface area contributed by atoms with Crippen LogP contribution in [0.4, 0.5) is 0 Å². The summed E-state index contributed by atoms with van der Waals surface area (Å²) in [4.78, 5) is 35.0. The lowest BCUT2D eigenvalue weighted by Crippen LogP contribution is -2.21. The third kappa shape index (κ3) is 3.41. The predicted octanol–water partition coefficient (Wildman–Crippen LogP) is 2.17. The highest BCUT2D eigenvalue weighted by Crippen LogP contribution is 2.24. The van der Waals surface area contributed by atoms with Crippen molar-refractivity contribution >= 4 is 23.2 Å². The second kappa shape index (κ2) is 7.58. The molecule has 122 valence electrons. The number of rotatable bonds is 7. The summed E-state index contributed by atoms with van der Waals surface area (Å²) >= 11 is 0. The van der Waals surface area contributed by atoms with Crippen LogP contribution in [0, 0.1) is 0 Å². The van der Waals surface area contributed by atoms with Crippen LogP contribution in [0.25, 0.3) is 10.9 Å². The number of ether oxygens (including phenoxy) is 2. The van der Waals surface area contributed by atoms with Crippen LogP contribution in [0.5, 0.6) is 5.75 Å². The summed E-state index contributed by atoms with van der Waals surface area (Å²) in [5.74, 6) is -0.118. The largest absolute Gasteiger partial charge is 0.491 e. The van der Waals surface area contributed by atoms with Gasteiger partial charge >= 0.3 is 5.97 Å². The summed E-state index contributed by atoms with van der Waals surface area (Å²) in [6.45, 7) is 4.59. The Kier molecular flexibility index (Phi) is 5.51. The number of hydrogen-bond acceptors (Lipinski definition) is 5. The molecule has 2 aromatic rings. The maximum atomic E-state index is 12.6. The summed E-state index contributed by atoms with van der Waals surface area (Å²) < 4.78 is 12.3. The highest BCUT2D eigenvalue weighted by Gasteiger charge is 2.18. The molecule has 0 unspecified atom stereocenters. The van der Waals surface area contributed by atoms with Crippen molar-refractivity contribution in [1.29, 1.82) is 0 Å². The van der Waals surface area contributed by atoms with E-state index in [1.165, 1.54) is 6.20 Å². The Morgan fingerprint density at radius 3 is 2.74 bits per heavy atom. The second-order valence-corrected chi connectivity index (χ2v) is 4.83. The number of nitrogens with zero attached hydrogens (tertiary/aromatic N) is 1. The number of fused-ring (bicyclic) bond motifs is 1. The van der Waals surface area contributed by atoms with E-state index in [4.69, 9.17) is 9.47 Å². The fourth-order valence-electron chi connectivity index (χ4n) is 2.36. The van der Waals surface area contributed by atoms with Crippen molar-refractivity contribution in [3.63, 3.8) is 0 Å². The Labute approximate surface area is 133 Å². The summed E-state index contributed by atoms with van der Waals surface area (Å²) in [5.41, 5.74) is 0.231. The average Bonchev–Trinajstić information content (AvgIpc) is 2.56. The monoisotopic (exact) mass is 317 g/mol. The molecular formula is C17H19NO5. The van der Waals surface area contributed by atoms with Crippen LogP contribution in [-0.2, 0) is 16.1 Å². The van der Waals surface area contributed by atoms with Gasteiger partial charge in [-0.3, -0.25) is 4.79 Å². The Morgan fingerprint density at radius 2 is 2.09 bits per heavy atom. The van der Waals surface area contributed by atoms with E-state index in [0.717, 1.165) is 6.29 Å². The van der Waals surface area contributed by atoms with Gasteiger partial charge in [0.15, 0.2) is 0 Å². The maximum Gasteiger partial charge on any atom is 0.343 e. The summed E-state index contributed by atoms with van der Waals surface area (Å²) in [6.07, 6.45) is 2.54. The normalized spacial score (nSPS) is 10.5. The molecule has 0 atom stereocenters. The fourth-order valence-corrected chi connectivity index (χ4v) is 2.36. The molecule has 6 heteroatoms. The minimum absolute atomic E-state index is 0.00578. The number of hydrogen-bond donors (Lipinski definition) is 0. The molecule has 0 aliphatic rings. The number of aryl methyl sites for hydroxylation is 1. The van der Waals surface area contributed by atoms with Gasteiger partial charge in [-0.2, -0.15) is 0 Å². The van der Waals surface area contributed by atoms with E-state index in [0.29, 0.717) is 23.2 Å². The Hall–Kier alpha value is -2.63. The molecule has 23 heavy (non-hydrogen) atoms. The molecule has 0 bridgehead atoms. The van der Waals surface area contributed by atoms with Gasteiger partial charge in [0.05, 0.1) is 24.1 Å². The summed E-state index contributed by atoms with van der Waals surface area (Å²) in [6, 6.07) is 5.08. The first-order valence-corrected chi connectivity index (χ1v) is 7.53. The Balaban J connectivity index is 2.62. The summed E-state index contributed by atoms with van der Waals surface area (Å²) in [7, 11) is 0. The molecule has 2 rings (SSSR count). The molecule has 0 radical (unpaired) electrons. The lowest BCUT2D eigenvalue weighted by Gasteiger charge is -2.15.